The zero-order valence-electron chi connectivity index (χ0n) is 12.0. The van der Waals surface area contributed by atoms with Crippen LogP contribution in [0.3, 0.4) is 0 Å². The third-order valence-electron chi connectivity index (χ3n) is 5.42. The summed E-state index contributed by atoms with van der Waals surface area (Å²) in [4.78, 5) is 26.7. The fourth-order valence-electron chi connectivity index (χ4n) is 4.25. The summed E-state index contributed by atoms with van der Waals surface area (Å²) in [6.07, 6.45) is 8.81. The molecule has 3 aliphatic carbocycles. The van der Waals surface area contributed by atoms with Crippen molar-refractivity contribution in [3.63, 3.8) is 0 Å². The Morgan fingerprint density at radius 3 is 2.75 bits per heavy atom. The van der Waals surface area contributed by atoms with Crippen LogP contribution < -0.4 is 0 Å². The highest BCUT2D eigenvalue weighted by Crippen LogP contribution is 2.56. The summed E-state index contributed by atoms with van der Waals surface area (Å²) in [6.45, 7) is 2.63. The molecule has 4 unspecified atom stereocenters. The molecule has 0 aromatic heterocycles. The number of fused-ring (bicyclic) bond motifs is 1. The van der Waals surface area contributed by atoms with Crippen LogP contribution in [0.4, 0.5) is 0 Å². The number of aliphatic hydroxyl groups excluding tert-OH is 1. The molecule has 0 radical (unpaired) electrons. The lowest BCUT2D eigenvalue weighted by Crippen LogP contribution is -2.48. The van der Waals surface area contributed by atoms with E-state index in [2.05, 4.69) is 13.0 Å². The van der Waals surface area contributed by atoms with Gasteiger partial charge in [-0.05, 0) is 25.2 Å². The average molecular weight is 277 g/mol. The van der Waals surface area contributed by atoms with Crippen molar-refractivity contribution in [2.45, 2.75) is 39.0 Å². The summed E-state index contributed by atoms with van der Waals surface area (Å²) in [6, 6.07) is 0. The topological polar surface area (TPSA) is 57.6 Å². The first-order chi connectivity index (χ1) is 9.64. The van der Waals surface area contributed by atoms with E-state index in [0.717, 1.165) is 32.1 Å². The monoisotopic (exact) mass is 277 g/mol. The van der Waals surface area contributed by atoms with Crippen molar-refractivity contribution in [2.75, 3.05) is 13.2 Å². The fourth-order valence-corrected chi connectivity index (χ4v) is 4.25. The first kappa shape index (κ1) is 13.8. The minimum Gasteiger partial charge on any atom is -0.395 e. The number of hydrogen-bond acceptors (Lipinski definition) is 3. The van der Waals surface area contributed by atoms with Crippen LogP contribution in [0.5, 0.6) is 0 Å². The fraction of sp³-hybridized carbons (Fsp3) is 0.750. The van der Waals surface area contributed by atoms with Crippen LogP contribution in [0.1, 0.15) is 39.0 Å². The Balaban J connectivity index is 1.86. The Morgan fingerprint density at radius 2 is 2.15 bits per heavy atom. The highest BCUT2D eigenvalue weighted by molar-refractivity contribution is 6.06. The van der Waals surface area contributed by atoms with Gasteiger partial charge in [0.05, 0.1) is 18.4 Å². The normalized spacial score (nSPS) is 38.7. The van der Waals surface area contributed by atoms with Crippen molar-refractivity contribution < 1.29 is 14.7 Å². The van der Waals surface area contributed by atoms with Crippen molar-refractivity contribution in [1.82, 2.24) is 4.90 Å². The zero-order chi connectivity index (χ0) is 14.3. The van der Waals surface area contributed by atoms with E-state index in [4.69, 9.17) is 0 Å². The van der Waals surface area contributed by atoms with Gasteiger partial charge in [-0.2, -0.15) is 0 Å². The molecule has 1 saturated carbocycles. The van der Waals surface area contributed by atoms with Gasteiger partial charge in [-0.15, -0.1) is 0 Å². The largest absolute Gasteiger partial charge is 0.395 e. The smallest absolute Gasteiger partial charge is 0.234 e. The predicted molar refractivity (Wildman–Crippen MR) is 74.6 cm³/mol. The van der Waals surface area contributed by atoms with Gasteiger partial charge >= 0.3 is 0 Å². The first-order valence-electron chi connectivity index (χ1n) is 7.80. The number of aliphatic hydroxyl groups is 1. The third kappa shape index (κ3) is 1.77. The van der Waals surface area contributed by atoms with Gasteiger partial charge in [-0.3, -0.25) is 14.5 Å². The molecule has 4 rings (SSSR count). The molecule has 4 atom stereocenters. The Kier molecular flexibility index (Phi) is 3.44. The molecular weight excluding hydrogens is 254 g/mol. The molecule has 2 amide bonds. The molecule has 1 aliphatic heterocycles. The minimum absolute atomic E-state index is 0.00276. The maximum absolute atomic E-state index is 12.7. The third-order valence-corrected chi connectivity index (χ3v) is 5.42. The number of unbranched alkanes of at least 4 members (excludes halogenated alkanes) is 2. The lowest BCUT2D eigenvalue weighted by Gasteiger charge is -2.47. The molecule has 110 valence electrons. The Bertz CT molecular complexity index is 459. The average Bonchev–Trinajstić information content (AvgIpc) is 2.76. The lowest BCUT2D eigenvalue weighted by molar-refractivity contribution is -0.140. The van der Waals surface area contributed by atoms with E-state index in [1.54, 1.807) is 0 Å². The summed E-state index contributed by atoms with van der Waals surface area (Å²) in [5.74, 6) is -0.372. The standard InChI is InChI=1S/C16H23NO3/c1-2-3-4-9-17-14(19)12-11-5-7-16(10-18,8-6-11)13(12)15(17)20/h5,7,11-13,18H,2-4,6,8-10H2,1H3. The Morgan fingerprint density at radius 1 is 1.35 bits per heavy atom. The van der Waals surface area contributed by atoms with Crippen LogP contribution in [0.25, 0.3) is 0 Å². The molecular formula is C16H23NO3. The number of hydrogen-bond donors (Lipinski definition) is 1. The maximum Gasteiger partial charge on any atom is 0.234 e. The van der Waals surface area contributed by atoms with Crippen molar-refractivity contribution >= 4 is 11.8 Å². The van der Waals surface area contributed by atoms with Gasteiger partial charge in [0.15, 0.2) is 0 Å². The minimum atomic E-state index is -0.480. The number of imide groups is 1. The number of carbonyl (C=O) groups is 2. The van der Waals surface area contributed by atoms with E-state index in [0.29, 0.717) is 6.54 Å². The molecule has 0 aromatic carbocycles. The summed E-state index contributed by atoms with van der Waals surface area (Å²) in [5, 5.41) is 9.78. The van der Waals surface area contributed by atoms with Gasteiger partial charge in [0.1, 0.15) is 0 Å². The number of amides is 2. The summed E-state index contributed by atoms with van der Waals surface area (Å²) in [7, 11) is 0. The number of rotatable bonds is 5. The number of carbonyl (C=O) groups excluding carboxylic acids is 2. The number of nitrogens with zero attached hydrogens (tertiary/aromatic N) is 1. The SMILES string of the molecule is CCCCCN1C(=O)C2C3C=CC(CO)(CC3)C2C1=O. The van der Waals surface area contributed by atoms with Crippen LogP contribution in [-0.2, 0) is 9.59 Å². The Labute approximate surface area is 119 Å². The number of allylic oxidation sites excluding steroid dienone is 1. The molecule has 4 heteroatoms. The molecule has 1 heterocycles. The maximum atomic E-state index is 12.7. The molecule has 1 N–H and O–H groups in total. The highest BCUT2D eigenvalue weighted by Gasteiger charge is 2.62. The molecule has 0 aromatic rings. The van der Waals surface area contributed by atoms with Crippen molar-refractivity contribution in [1.29, 1.82) is 0 Å². The van der Waals surface area contributed by atoms with Crippen LogP contribution in [0, 0.1) is 23.2 Å². The second-order valence-corrected chi connectivity index (χ2v) is 6.49. The lowest BCUT2D eigenvalue weighted by atomic mass is 9.55. The molecule has 1 saturated heterocycles. The Hall–Kier alpha value is -1.16. The summed E-state index contributed by atoms with van der Waals surface area (Å²) >= 11 is 0. The highest BCUT2D eigenvalue weighted by atomic mass is 16.3. The number of likely N-dealkylation sites (tertiary alicyclic amines) is 1. The quantitative estimate of drug-likeness (QED) is 0.473. The molecule has 2 fully saturated rings. The van der Waals surface area contributed by atoms with Crippen molar-refractivity contribution in [3.8, 4) is 0 Å². The molecule has 4 aliphatic rings. The second kappa shape index (κ2) is 4.99. The van der Waals surface area contributed by atoms with E-state index in [9.17, 15) is 14.7 Å². The van der Waals surface area contributed by atoms with Crippen LogP contribution in [0.2, 0.25) is 0 Å². The van der Waals surface area contributed by atoms with E-state index in [-0.39, 0.29) is 36.2 Å². The molecule has 0 spiro atoms. The van der Waals surface area contributed by atoms with E-state index < -0.39 is 5.41 Å². The van der Waals surface area contributed by atoms with Gasteiger partial charge in [0.2, 0.25) is 11.8 Å². The molecule has 4 nitrogen and oxygen atoms in total. The van der Waals surface area contributed by atoms with Gasteiger partial charge in [-0.1, -0.05) is 31.9 Å². The summed E-state index contributed by atoms with van der Waals surface area (Å²) < 4.78 is 0. The predicted octanol–water partition coefficient (Wildman–Crippen LogP) is 1.74. The van der Waals surface area contributed by atoms with Gasteiger partial charge in [-0.25, -0.2) is 0 Å². The van der Waals surface area contributed by atoms with Crippen LogP contribution in [-0.4, -0.2) is 35.0 Å². The van der Waals surface area contributed by atoms with E-state index >= 15 is 0 Å². The van der Waals surface area contributed by atoms with Gasteiger partial charge in [0.25, 0.3) is 0 Å². The van der Waals surface area contributed by atoms with E-state index in [1.165, 1.54) is 4.90 Å². The van der Waals surface area contributed by atoms with E-state index in [1.807, 2.05) is 6.08 Å². The second-order valence-electron chi connectivity index (χ2n) is 6.49. The van der Waals surface area contributed by atoms with Crippen LogP contribution >= 0.6 is 0 Å². The van der Waals surface area contributed by atoms with Crippen LogP contribution in [0.15, 0.2) is 12.2 Å². The van der Waals surface area contributed by atoms with Crippen molar-refractivity contribution in [3.05, 3.63) is 12.2 Å². The zero-order valence-corrected chi connectivity index (χ0v) is 12.0. The van der Waals surface area contributed by atoms with Crippen molar-refractivity contribution in [2.24, 2.45) is 23.2 Å². The summed E-state index contributed by atoms with van der Waals surface area (Å²) in [5.41, 5.74) is -0.480. The van der Waals surface area contributed by atoms with Gasteiger partial charge in [0, 0.05) is 12.0 Å². The van der Waals surface area contributed by atoms with Gasteiger partial charge < -0.3 is 5.11 Å². The first-order valence-corrected chi connectivity index (χ1v) is 7.80. The molecule has 20 heavy (non-hydrogen) atoms. The molecule has 2 bridgehead atoms.